The summed E-state index contributed by atoms with van der Waals surface area (Å²) in [5, 5.41) is 17.5. The summed E-state index contributed by atoms with van der Waals surface area (Å²) in [5.41, 5.74) is 1.53. The molecule has 7 nitrogen and oxygen atoms in total. The zero-order valence-electron chi connectivity index (χ0n) is 9.68. The maximum atomic E-state index is 11.8. The van der Waals surface area contributed by atoms with Crippen LogP contribution in [-0.4, -0.2) is 31.3 Å². The zero-order chi connectivity index (χ0) is 13.1. The number of rotatable bonds is 2. The van der Waals surface area contributed by atoms with Crippen molar-refractivity contribution >= 4 is 23.5 Å². The fourth-order valence-corrected chi connectivity index (χ4v) is 1.21. The molecule has 0 aliphatic carbocycles. The first-order chi connectivity index (χ1) is 8.56. The van der Waals surface area contributed by atoms with Gasteiger partial charge in [0.25, 0.3) is 5.91 Å². The minimum Gasteiger partial charge on any atom is -0.288 e. The Hall–Kier alpha value is -2.15. The van der Waals surface area contributed by atoms with Crippen LogP contribution in [0, 0.1) is 13.8 Å². The van der Waals surface area contributed by atoms with Crippen LogP contribution in [0.25, 0.3) is 0 Å². The SMILES string of the molecule is Cc1nnc(NC(=O)c2ccc(Cl)nn2)nc1C. The minimum absolute atomic E-state index is 0.125. The van der Waals surface area contributed by atoms with E-state index in [-0.39, 0.29) is 16.8 Å². The highest BCUT2D eigenvalue weighted by atomic mass is 35.5. The second kappa shape index (κ2) is 5.01. The van der Waals surface area contributed by atoms with E-state index in [2.05, 4.69) is 30.7 Å². The number of carbonyl (C=O) groups is 1. The Balaban J connectivity index is 2.16. The number of anilines is 1. The van der Waals surface area contributed by atoms with Gasteiger partial charge in [-0.2, -0.15) is 5.10 Å². The van der Waals surface area contributed by atoms with E-state index in [0.29, 0.717) is 11.4 Å². The molecule has 8 heteroatoms. The average Bonchev–Trinajstić information content (AvgIpc) is 2.34. The molecule has 0 bridgehead atoms. The maximum Gasteiger partial charge on any atom is 0.278 e. The first kappa shape index (κ1) is 12.3. The number of amides is 1. The molecule has 2 rings (SSSR count). The van der Waals surface area contributed by atoms with Crippen LogP contribution >= 0.6 is 11.6 Å². The van der Waals surface area contributed by atoms with Crippen LogP contribution in [0.1, 0.15) is 21.9 Å². The van der Waals surface area contributed by atoms with Crippen molar-refractivity contribution in [3.63, 3.8) is 0 Å². The van der Waals surface area contributed by atoms with Gasteiger partial charge in [0.2, 0.25) is 5.95 Å². The van der Waals surface area contributed by atoms with Gasteiger partial charge in [-0.1, -0.05) is 11.6 Å². The second-order valence-electron chi connectivity index (χ2n) is 3.50. The van der Waals surface area contributed by atoms with Crippen LogP contribution in [-0.2, 0) is 0 Å². The predicted octanol–water partition coefficient (Wildman–Crippen LogP) is 1.18. The molecule has 0 fully saturated rings. The van der Waals surface area contributed by atoms with Gasteiger partial charge in [-0.15, -0.1) is 15.3 Å². The molecule has 0 spiro atoms. The normalized spacial score (nSPS) is 10.2. The van der Waals surface area contributed by atoms with Crippen LogP contribution < -0.4 is 5.32 Å². The van der Waals surface area contributed by atoms with Gasteiger partial charge in [0.15, 0.2) is 10.8 Å². The van der Waals surface area contributed by atoms with E-state index in [9.17, 15) is 4.79 Å². The van der Waals surface area contributed by atoms with Crippen LogP contribution in [0.4, 0.5) is 5.95 Å². The largest absolute Gasteiger partial charge is 0.288 e. The number of aromatic nitrogens is 5. The quantitative estimate of drug-likeness (QED) is 0.875. The third-order valence-corrected chi connectivity index (χ3v) is 2.38. The van der Waals surface area contributed by atoms with Gasteiger partial charge < -0.3 is 0 Å². The molecule has 0 saturated carbocycles. The Morgan fingerprint density at radius 1 is 1.11 bits per heavy atom. The van der Waals surface area contributed by atoms with Gasteiger partial charge in [0, 0.05) is 0 Å². The first-order valence-corrected chi connectivity index (χ1v) is 5.42. The Morgan fingerprint density at radius 3 is 2.50 bits per heavy atom. The van der Waals surface area contributed by atoms with Crippen molar-refractivity contribution in [3.05, 3.63) is 34.4 Å². The van der Waals surface area contributed by atoms with Gasteiger partial charge >= 0.3 is 0 Å². The summed E-state index contributed by atoms with van der Waals surface area (Å²) >= 11 is 5.57. The van der Waals surface area contributed by atoms with Crippen molar-refractivity contribution in [1.29, 1.82) is 0 Å². The summed E-state index contributed by atoms with van der Waals surface area (Å²) < 4.78 is 0. The number of hydrogen-bond donors (Lipinski definition) is 1. The molecule has 0 saturated heterocycles. The van der Waals surface area contributed by atoms with Crippen molar-refractivity contribution in [2.45, 2.75) is 13.8 Å². The van der Waals surface area contributed by atoms with E-state index in [1.54, 1.807) is 13.8 Å². The van der Waals surface area contributed by atoms with Gasteiger partial charge in [0.1, 0.15) is 0 Å². The molecule has 18 heavy (non-hydrogen) atoms. The lowest BCUT2D eigenvalue weighted by Gasteiger charge is -2.03. The zero-order valence-corrected chi connectivity index (χ0v) is 10.4. The van der Waals surface area contributed by atoms with Crippen molar-refractivity contribution < 1.29 is 4.79 Å². The first-order valence-electron chi connectivity index (χ1n) is 5.05. The molecular formula is C10H9ClN6O. The average molecular weight is 265 g/mol. The van der Waals surface area contributed by atoms with E-state index in [4.69, 9.17) is 11.6 Å². The molecule has 2 aromatic rings. The summed E-state index contributed by atoms with van der Waals surface area (Å²) in [6.45, 7) is 3.56. The molecule has 0 unspecified atom stereocenters. The highest BCUT2D eigenvalue weighted by Crippen LogP contribution is 2.06. The molecular weight excluding hydrogens is 256 g/mol. The number of nitrogens with one attached hydrogen (secondary N) is 1. The van der Waals surface area contributed by atoms with Gasteiger partial charge in [-0.3, -0.25) is 10.1 Å². The van der Waals surface area contributed by atoms with Gasteiger partial charge in [-0.25, -0.2) is 4.98 Å². The summed E-state index contributed by atoms with van der Waals surface area (Å²) in [6, 6.07) is 2.93. The number of hydrogen-bond acceptors (Lipinski definition) is 6. The van der Waals surface area contributed by atoms with Crippen molar-refractivity contribution in [1.82, 2.24) is 25.4 Å². The lowest BCUT2D eigenvalue weighted by Crippen LogP contribution is -2.17. The Kier molecular flexibility index (Phi) is 3.42. The summed E-state index contributed by atoms with van der Waals surface area (Å²) in [6.07, 6.45) is 0. The van der Waals surface area contributed by atoms with Crippen LogP contribution in [0.5, 0.6) is 0 Å². The number of halogens is 1. The third kappa shape index (κ3) is 2.75. The van der Waals surface area contributed by atoms with Crippen LogP contribution in [0.2, 0.25) is 5.15 Å². The summed E-state index contributed by atoms with van der Waals surface area (Å²) in [4.78, 5) is 15.8. The fourth-order valence-electron chi connectivity index (χ4n) is 1.11. The smallest absolute Gasteiger partial charge is 0.278 e. The molecule has 92 valence electrons. The number of nitrogens with zero attached hydrogens (tertiary/aromatic N) is 5. The molecule has 0 atom stereocenters. The van der Waals surface area contributed by atoms with E-state index < -0.39 is 5.91 Å². The van der Waals surface area contributed by atoms with Crippen molar-refractivity contribution in [2.24, 2.45) is 0 Å². The molecule has 0 aliphatic heterocycles. The minimum atomic E-state index is -0.468. The predicted molar refractivity (Wildman–Crippen MR) is 64.3 cm³/mol. The lowest BCUT2D eigenvalue weighted by atomic mass is 10.3. The summed E-state index contributed by atoms with van der Waals surface area (Å²) in [7, 11) is 0. The van der Waals surface area contributed by atoms with E-state index in [1.165, 1.54) is 12.1 Å². The number of carbonyl (C=O) groups excluding carboxylic acids is 1. The molecule has 0 aliphatic rings. The molecule has 2 aromatic heterocycles. The standard InChI is InChI=1S/C10H9ClN6O/c1-5-6(2)14-17-10(12-5)13-9(18)7-3-4-8(11)16-15-7/h3-4H,1-2H3,(H,12,13,17,18). The third-order valence-electron chi connectivity index (χ3n) is 2.18. The highest BCUT2D eigenvalue weighted by molar-refractivity contribution is 6.29. The van der Waals surface area contributed by atoms with E-state index in [0.717, 1.165) is 0 Å². The lowest BCUT2D eigenvalue weighted by molar-refractivity contribution is 0.102. The summed E-state index contributed by atoms with van der Waals surface area (Å²) in [5.74, 6) is -0.343. The topological polar surface area (TPSA) is 93.6 Å². The fraction of sp³-hybridized carbons (Fsp3) is 0.200. The van der Waals surface area contributed by atoms with Crippen LogP contribution in [0.3, 0.4) is 0 Å². The monoisotopic (exact) mass is 264 g/mol. The molecule has 2 heterocycles. The molecule has 1 N–H and O–H groups in total. The maximum absolute atomic E-state index is 11.8. The van der Waals surface area contributed by atoms with E-state index >= 15 is 0 Å². The molecule has 0 radical (unpaired) electrons. The van der Waals surface area contributed by atoms with Gasteiger partial charge in [-0.05, 0) is 26.0 Å². The second-order valence-corrected chi connectivity index (χ2v) is 3.89. The van der Waals surface area contributed by atoms with Crippen LogP contribution in [0.15, 0.2) is 12.1 Å². The molecule has 1 amide bonds. The van der Waals surface area contributed by atoms with Crippen molar-refractivity contribution in [2.75, 3.05) is 5.32 Å². The number of aryl methyl sites for hydroxylation is 2. The Bertz CT molecular complexity index is 585. The van der Waals surface area contributed by atoms with Crippen molar-refractivity contribution in [3.8, 4) is 0 Å². The Morgan fingerprint density at radius 2 is 1.89 bits per heavy atom. The van der Waals surface area contributed by atoms with Gasteiger partial charge in [0.05, 0.1) is 11.4 Å². The van der Waals surface area contributed by atoms with E-state index in [1.807, 2.05) is 0 Å². The Labute approximate surface area is 108 Å². The highest BCUT2D eigenvalue weighted by Gasteiger charge is 2.11. The molecule has 0 aromatic carbocycles.